The summed E-state index contributed by atoms with van der Waals surface area (Å²) in [5, 5.41) is 6.27. The van der Waals surface area contributed by atoms with E-state index in [1.54, 1.807) is 17.8 Å². The Labute approximate surface area is 189 Å². The molecule has 31 heavy (non-hydrogen) atoms. The zero-order chi connectivity index (χ0) is 21.6. The van der Waals surface area contributed by atoms with Crippen LogP contribution in [0.4, 0.5) is 0 Å². The second kappa shape index (κ2) is 9.94. The lowest BCUT2D eigenvalue weighted by Gasteiger charge is -2.18. The number of carbonyl (C=O) groups excluding carboxylic acids is 2. The van der Waals surface area contributed by atoms with E-state index in [4.69, 9.17) is 11.6 Å². The molecule has 0 aliphatic carbocycles. The van der Waals surface area contributed by atoms with Crippen molar-refractivity contribution in [3.8, 4) is 11.1 Å². The summed E-state index contributed by atoms with van der Waals surface area (Å²) >= 11 is 7.61. The van der Waals surface area contributed by atoms with Crippen molar-refractivity contribution in [3.05, 3.63) is 83.4 Å². The standard InChI is InChI=1S/C23H21ClN4O2S/c24-18-7-5-15(6-8-18)16-3-1-4-17(13-16)20-22(29)28-19(9-12-31-20)14-27-23(30)21-25-10-2-11-26-21/h1-8,10-11,13,19-20H,9,12,14H2,(H,27,30)(H,28,29)/t19-,20+/m0/s1. The van der Waals surface area contributed by atoms with Gasteiger partial charge in [-0.2, -0.15) is 0 Å². The molecule has 4 rings (SSSR count). The molecule has 1 aliphatic rings. The first-order valence-electron chi connectivity index (χ1n) is 9.93. The van der Waals surface area contributed by atoms with Crippen molar-refractivity contribution < 1.29 is 9.59 Å². The number of hydrogen-bond donors (Lipinski definition) is 2. The fraction of sp³-hybridized carbons (Fsp3) is 0.217. The van der Waals surface area contributed by atoms with Crippen LogP contribution in [0.2, 0.25) is 5.02 Å². The van der Waals surface area contributed by atoms with E-state index in [1.807, 2.05) is 42.5 Å². The topological polar surface area (TPSA) is 84.0 Å². The highest BCUT2D eigenvalue weighted by atomic mass is 35.5. The van der Waals surface area contributed by atoms with Gasteiger partial charge in [-0.25, -0.2) is 9.97 Å². The molecule has 2 amide bonds. The van der Waals surface area contributed by atoms with Crippen molar-refractivity contribution in [2.75, 3.05) is 12.3 Å². The van der Waals surface area contributed by atoms with Gasteiger partial charge in [0.05, 0.1) is 0 Å². The molecule has 8 heteroatoms. The second-order valence-corrected chi connectivity index (χ2v) is 8.81. The molecule has 2 heterocycles. The van der Waals surface area contributed by atoms with E-state index in [0.29, 0.717) is 11.6 Å². The predicted octanol–water partition coefficient (Wildman–Crippen LogP) is 3.89. The molecule has 0 spiro atoms. The molecule has 0 unspecified atom stereocenters. The largest absolute Gasteiger partial charge is 0.350 e. The molecule has 0 saturated carbocycles. The van der Waals surface area contributed by atoms with Crippen LogP contribution in [0.25, 0.3) is 11.1 Å². The molecule has 6 nitrogen and oxygen atoms in total. The number of hydrogen-bond acceptors (Lipinski definition) is 5. The molecule has 3 aromatic rings. The maximum Gasteiger partial charge on any atom is 0.289 e. The fourth-order valence-electron chi connectivity index (χ4n) is 3.39. The summed E-state index contributed by atoms with van der Waals surface area (Å²) in [6, 6.07) is 17.2. The highest BCUT2D eigenvalue weighted by Crippen LogP contribution is 2.34. The molecule has 158 valence electrons. The number of nitrogens with zero attached hydrogens (tertiary/aromatic N) is 2. The van der Waals surface area contributed by atoms with Gasteiger partial charge in [-0.3, -0.25) is 9.59 Å². The number of amides is 2. The van der Waals surface area contributed by atoms with Crippen molar-refractivity contribution in [2.45, 2.75) is 17.7 Å². The van der Waals surface area contributed by atoms with Crippen LogP contribution in [0.1, 0.15) is 27.9 Å². The van der Waals surface area contributed by atoms with Gasteiger partial charge < -0.3 is 10.6 Å². The Balaban J connectivity index is 1.41. The van der Waals surface area contributed by atoms with E-state index in [2.05, 4.69) is 26.7 Å². The zero-order valence-corrected chi connectivity index (χ0v) is 18.2. The van der Waals surface area contributed by atoms with Gasteiger partial charge in [0, 0.05) is 30.0 Å². The number of halogens is 1. The van der Waals surface area contributed by atoms with Gasteiger partial charge in [0.2, 0.25) is 11.7 Å². The maximum absolute atomic E-state index is 12.9. The number of carbonyl (C=O) groups is 2. The van der Waals surface area contributed by atoms with E-state index in [0.717, 1.165) is 28.9 Å². The van der Waals surface area contributed by atoms with E-state index >= 15 is 0 Å². The number of rotatable bonds is 5. The molecule has 1 saturated heterocycles. The van der Waals surface area contributed by atoms with Gasteiger partial charge in [0.15, 0.2) is 0 Å². The van der Waals surface area contributed by atoms with Crippen LogP contribution in [-0.4, -0.2) is 40.1 Å². The van der Waals surface area contributed by atoms with Crippen LogP contribution in [0.15, 0.2) is 67.0 Å². The van der Waals surface area contributed by atoms with Crippen LogP contribution in [0.5, 0.6) is 0 Å². The minimum Gasteiger partial charge on any atom is -0.350 e. The Hall–Kier alpha value is -2.90. The van der Waals surface area contributed by atoms with Crippen molar-refractivity contribution >= 4 is 35.2 Å². The molecule has 0 bridgehead atoms. The van der Waals surface area contributed by atoms with Gasteiger partial charge >= 0.3 is 0 Å². The molecule has 2 atom stereocenters. The lowest BCUT2D eigenvalue weighted by molar-refractivity contribution is -0.121. The van der Waals surface area contributed by atoms with Crippen LogP contribution >= 0.6 is 23.4 Å². The summed E-state index contributed by atoms with van der Waals surface area (Å²) in [5.41, 5.74) is 3.05. The summed E-state index contributed by atoms with van der Waals surface area (Å²) in [5.74, 6) is 0.524. The van der Waals surface area contributed by atoms with Crippen molar-refractivity contribution in [2.24, 2.45) is 0 Å². The first-order chi connectivity index (χ1) is 15.1. The first-order valence-corrected chi connectivity index (χ1v) is 11.4. The van der Waals surface area contributed by atoms with Gasteiger partial charge in [-0.05, 0) is 53.1 Å². The van der Waals surface area contributed by atoms with Gasteiger partial charge in [-0.15, -0.1) is 11.8 Å². The molecular weight excluding hydrogens is 432 g/mol. The van der Waals surface area contributed by atoms with E-state index in [1.165, 1.54) is 12.4 Å². The van der Waals surface area contributed by atoms with E-state index in [-0.39, 0.29) is 28.9 Å². The van der Waals surface area contributed by atoms with Gasteiger partial charge in [0.1, 0.15) is 5.25 Å². The van der Waals surface area contributed by atoms with Crippen molar-refractivity contribution in [1.29, 1.82) is 0 Å². The number of aromatic nitrogens is 2. The van der Waals surface area contributed by atoms with Crippen molar-refractivity contribution in [3.63, 3.8) is 0 Å². The number of benzene rings is 2. The third kappa shape index (κ3) is 5.42. The van der Waals surface area contributed by atoms with Crippen LogP contribution < -0.4 is 10.6 Å². The third-order valence-corrected chi connectivity index (χ3v) is 6.52. The van der Waals surface area contributed by atoms with E-state index < -0.39 is 0 Å². The Bertz CT molecular complexity index is 1060. The summed E-state index contributed by atoms with van der Waals surface area (Å²) in [7, 11) is 0. The molecular formula is C23H21ClN4O2S. The Morgan fingerprint density at radius 1 is 1.10 bits per heavy atom. The van der Waals surface area contributed by atoms with Crippen LogP contribution in [-0.2, 0) is 4.79 Å². The Morgan fingerprint density at radius 2 is 1.87 bits per heavy atom. The highest BCUT2D eigenvalue weighted by Gasteiger charge is 2.28. The maximum atomic E-state index is 12.9. The molecule has 2 aromatic carbocycles. The number of nitrogens with one attached hydrogen (secondary N) is 2. The van der Waals surface area contributed by atoms with Crippen molar-refractivity contribution in [1.82, 2.24) is 20.6 Å². The Morgan fingerprint density at radius 3 is 2.65 bits per heavy atom. The second-order valence-electron chi connectivity index (χ2n) is 7.16. The minimum absolute atomic E-state index is 0.0500. The normalized spacial score (nSPS) is 18.7. The van der Waals surface area contributed by atoms with E-state index in [9.17, 15) is 9.59 Å². The average Bonchev–Trinajstić information content (AvgIpc) is 2.99. The summed E-state index contributed by atoms with van der Waals surface area (Å²) < 4.78 is 0. The summed E-state index contributed by atoms with van der Waals surface area (Å²) in [6.45, 7) is 0.334. The van der Waals surface area contributed by atoms with Crippen LogP contribution in [0.3, 0.4) is 0 Å². The monoisotopic (exact) mass is 452 g/mol. The summed E-state index contributed by atoms with van der Waals surface area (Å²) in [4.78, 5) is 33.0. The smallest absolute Gasteiger partial charge is 0.289 e. The predicted molar refractivity (Wildman–Crippen MR) is 123 cm³/mol. The first kappa shape index (κ1) is 21.3. The van der Waals surface area contributed by atoms with Gasteiger partial charge in [0.25, 0.3) is 5.91 Å². The third-order valence-electron chi connectivity index (χ3n) is 4.98. The average molecular weight is 453 g/mol. The van der Waals surface area contributed by atoms with Gasteiger partial charge in [-0.1, -0.05) is 41.9 Å². The van der Waals surface area contributed by atoms with Crippen LogP contribution in [0, 0.1) is 0 Å². The zero-order valence-electron chi connectivity index (χ0n) is 16.6. The molecule has 2 N–H and O–H groups in total. The highest BCUT2D eigenvalue weighted by molar-refractivity contribution is 8.00. The molecule has 1 fully saturated rings. The molecule has 1 aromatic heterocycles. The lowest BCUT2D eigenvalue weighted by atomic mass is 10.0. The quantitative estimate of drug-likeness (QED) is 0.613. The Kier molecular flexibility index (Phi) is 6.84. The SMILES string of the molecule is O=C(NC[C@@H]1CCS[C@H](c2cccc(-c3ccc(Cl)cc3)c2)C(=O)N1)c1ncccn1. The number of thioether (sulfide) groups is 1. The minimum atomic E-state index is -0.348. The summed E-state index contributed by atoms with van der Waals surface area (Å²) in [6.07, 6.45) is 3.81. The molecule has 1 aliphatic heterocycles. The molecule has 0 radical (unpaired) electrons. The lowest BCUT2D eigenvalue weighted by Crippen LogP contribution is -2.44. The fourth-order valence-corrected chi connectivity index (χ4v) is 4.73.